The fourth-order valence-corrected chi connectivity index (χ4v) is 3.57. The van der Waals surface area contributed by atoms with Crippen molar-refractivity contribution in [2.45, 2.75) is 32.0 Å². The van der Waals surface area contributed by atoms with Crippen LogP contribution in [0, 0.1) is 20.8 Å². The van der Waals surface area contributed by atoms with Crippen LogP contribution in [0.15, 0.2) is 17.0 Å². The molecule has 1 rings (SSSR count). The van der Waals surface area contributed by atoms with Gasteiger partial charge < -0.3 is 9.47 Å². The second-order valence-corrected chi connectivity index (χ2v) is 6.18. The summed E-state index contributed by atoms with van der Waals surface area (Å²) >= 11 is 0. The Hall–Kier alpha value is -0.950. The van der Waals surface area contributed by atoms with Crippen molar-refractivity contribution in [3.05, 3.63) is 28.8 Å². The molecular weight excluding hydrogens is 266 g/mol. The number of benzene rings is 1. The Balaban J connectivity index is 3.01. The Kier molecular flexibility index (Phi) is 5.49. The molecule has 0 radical (unpaired) electrons. The van der Waals surface area contributed by atoms with E-state index in [4.69, 9.17) is 9.47 Å². The number of rotatable bonds is 6. The third-order valence-corrected chi connectivity index (χ3v) is 4.57. The molecule has 0 atom stereocenters. The van der Waals surface area contributed by atoms with E-state index in [1.807, 2.05) is 19.1 Å². The highest BCUT2D eigenvalue weighted by molar-refractivity contribution is 7.89. The number of sulfonamides is 1. The van der Waals surface area contributed by atoms with Gasteiger partial charge in [0, 0.05) is 14.2 Å². The quantitative estimate of drug-likeness (QED) is 0.806. The summed E-state index contributed by atoms with van der Waals surface area (Å²) in [6.07, 6.45) is -0.596. The monoisotopic (exact) mass is 287 g/mol. The molecule has 5 nitrogen and oxygen atoms in total. The number of hydrogen-bond acceptors (Lipinski definition) is 4. The lowest BCUT2D eigenvalue weighted by molar-refractivity contribution is -0.0960. The Labute approximate surface area is 115 Å². The third-order valence-electron chi connectivity index (χ3n) is 2.84. The van der Waals surface area contributed by atoms with Crippen molar-refractivity contribution in [2.75, 3.05) is 20.8 Å². The van der Waals surface area contributed by atoms with E-state index in [1.54, 1.807) is 13.8 Å². The highest BCUT2D eigenvalue weighted by Gasteiger charge is 2.21. The van der Waals surface area contributed by atoms with Crippen LogP contribution in [-0.4, -0.2) is 35.5 Å². The van der Waals surface area contributed by atoms with Crippen molar-refractivity contribution < 1.29 is 17.9 Å². The molecule has 0 fully saturated rings. The molecule has 0 aliphatic rings. The SMILES string of the molecule is COC(CNS(=O)(=O)c1c(C)cc(C)cc1C)OC. The first-order chi connectivity index (χ1) is 8.81. The second kappa shape index (κ2) is 6.47. The van der Waals surface area contributed by atoms with E-state index in [1.165, 1.54) is 14.2 Å². The van der Waals surface area contributed by atoms with Crippen molar-refractivity contribution >= 4 is 10.0 Å². The van der Waals surface area contributed by atoms with Gasteiger partial charge >= 0.3 is 0 Å². The average molecular weight is 287 g/mol. The zero-order valence-corrected chi connectivity index (χ0v) is 12.8. The average Bonchev–Trinajstić information content (AvgIpc) is 2.28. The van der Waals surface area contributed by atoms with Crippen LogP contribution in [0.4, 0.5) is 0 Å². The molecule has 0 aliphatic heterocycles. The van der Waals surface area contributed by atoms with E-state index < -0.39 is 16.3 Å². The second-order valence-electron chi connectivity index (χ2n) is 4.48. The van der Waals surface area contributed by atoms with E-state index in [2.05, 4.69) is 4.72 Å². The van der Waals surface area contributed by atoms with Gasteiger partial charge in [0.2, 0.25) is 10.0 Å². The normalized spacial score (nSPS) is 12.1. The Bertz CT molecular complexity index is 513. The van der Waals surface area contributed by atoms with Crippen LogP contribution < -0.4 is 4.72 Å². The molecule has 0 heterocycles. The molecule has 0 aromatic heterocycles. The molecule has 108 valence electrons. The summed E-state index contributed by atoms with van der Waals surface area (Å²) in [5.41, 5.74) is 2.51. The third kappa shape index (κ3) is 4.01. The van der Waals surface area contributed by atoms with E-state index in [-0.39, 0.29) is 6.54 Å². The van der Waals surface area contributed by atoms with Gasteiger partial charge in [0.1, 0.15) is 0 Å². The van der Waals surface area contributed by atoms with Crippen LogP contribution in [0.1, 0.15) is 16.7 Å². The number of nitrogens with one attached hydrogen (secondary N) is 1. The van der Waals surface area contributed by atoms with E-state index in [0.29, 0.717) is 4.90 Å². The summed E-state index contributed by atoms with van der Waals surface area (Å²) in [6, 6.07) is 3.71. The fourth-order valence-electron chi connectivity index (χ4n) is 2.10. The smallest absolute Gasteiger partial charge is 0.241 e. The highest BCUT2D eigenvalue weighted by Crippen LogP contribution is 2.21. The molecule has 0 saturated heterocycles. The first kappa shape index (κ1) is 16.1. The van der Waals surface area contributed by atoms with Crippen molar-refractivity contribution in [1.29, 1.82) is 0 Å². The topological polar surface area (TPSA) is 64.6 Å². The van der Waals surface area contributed by atoms with E-state index >= 15 is 0 Å². The number of aryl methyl sites for hydroxylation is 3. The first-order valence-electron chi connectivity index (χ1n) is 5.95. The Morgan fingerprint density at radius 3 is 2.00 bits per heavy atom. The predicted molar refractivity (Wildman–Crippen MR) is 73.6 cm³/mol. The molecule has 0 spiro atoms. The number of methoxy groups -OCH3 is 2. The summed E-state index contributed by atoms with van der Waals surface area (Å²) in [7, 11) is -0.637. The summed E-state index contributed by atoms with van der Waals surface area (Å²) in [6.45, 7) is 5.59. The van der Waals surface area contributed by atoms with Gasteiger partial charge in [-0.05, 0) is 31.9 Å². The van der Waals surface area contributed by atoms with Crippen LogP contribution in [0.25, 0.3) is 0 Å². The van der Waals surface area contributed by atoms with Gasteiger partial charge in [-0.1, -0.05) is 17.7 Å². The molecule has 0 unspecified atom stereocenters. The molecule has 0 aliphatic carbocycles. The predicted octanol–water partition coefficient (Wildman–Crippen LogP) is 1.51. The van der Waals surface area contributed by atoms with Gasteiger partial charge in [-0.2, -0.15) is 0 Å². The fraction of sp³-hybridized carbons (Fsp3) is 0.538. The van der Waals surface area contributed by atoms with Crippen LogP contribution in [0.2, 0.25) is 0 Å². The summed E-state index contributed by atoms with van der Waals surface area (Å²) in [5.74, 6) is 0. The lowest BCUT2D eigenvalue weighted by Gasteiger charge is -2.16. The summed E-state index contributed by atoms with van der Waals surface area (Å²) in [4.78, 5) is 0.323. The maximum atomic E-state index is 12.3. The molecule has 0 bridgehead atoms. The van der Waals surface area contributed by atoms with Crippen LogP contribution >= 0.6 is 0 Å². The van der Waals surface area contributed by atoms with Crippen molar-refractivity contribution in [1.82, 2.24) is 4.72 Å². The van der Waals surface area contributed by atoms with Crippen LogP contribution in [0.5, 0.6) is 0 Å². The van der Waals surface area contributed by atoms with Crippen molar-refractivity contribution in [3.63, 3.8) is 0 Å². The van der Waals surface area contributed by atoms with Gasteiger partial charge in [0.25, 0.3) is 0 Å². The lowest BCUT2D eigenvalue weighted by Crippen LogP contribution is -2.34. The minimum absolute atomic E-state index is 0.0715. The largest absolute Gasteiger partial charge is 0.355 e. The molecule has 1 N–H and O–H groups in total. The zero-order valence-electron chi connectivity index (χ0n) is 12.0. The molecule has 1 aromatic carbocycles. The maximum absolute atomic E-state index is 12.3. The minimum atomic E-state index is -3.56. The lowest BCUT2D eigenvalue weighted by atomic mass is 10.1. The number of hydrogen-bond donors (Lipinski definition) is 1. The molecular formula is C13H21NO4S. The first-order valence-corrected chi connectivity index (χ1v) is 7.43. The van der Waals surface area contributed by atoms with Gasteiger partial charge in [-0.15, -0.1) is 0 Å². The van der Waals surface area contributed by atoms with Crippen molar-refractivity contribution in [3.8, 4) is 0 Å². The summed E-state index contributed by atoms with van der Waals surface area (Å²) < 4.78 is 37.0. The Morgan fingerprint density at radius 1 is 1.11 bits per heavy atom. The maximum Gasteiger partial charge on any atom is 0.241 e. The number of ether oxygens (including phenoxy) is 2. The highest BCUT2D eigenvalue weighted by atomic mass is 32.2. The van der Waals surface area contributed by atoms with Gasteiger partial charge in [0.05, 0.1) is 11.4 Å². The molecule has 1 aromatic rings. The van der Waals surface area contributed by atoms with Gasteiger partial charge in [-0.3, -0.25) is 0 Å². The molecule has 0 amide bonds. The van der Waals surface area contributed by atoms with Gasteiger partial charge in [0.15, 0.2) is 6.29 Å². The molecule has 6 heteroatoms. The van der Waals surface area contributed by atoms with E-state index in [9.17, 15) is 8.42 Å². The van der Waals surface area contributed by atoms with Crippen LogP contribution in [0.3, 0.4) is 0 Å². The van der Waals surface area contributed by atoms with Crippen LogP contribution in [-0.2, 0) is 19.5 Å². The Morgan fingerprint density at radius 2 is 1.58 bits per heavy atom. The zero-order chi connectivity index (χ0) is 14.6. The minimum Gasteiger partial charge on any atom is -0.355 e. The molecule has 19 heavy (non-hydrogen) atoms. The molecule has 0 saturated carbocycles. The van der Waals surface area contributed by atoms with E-state index in [0.717, 1.165) is 16.7 Å². The van der Waals surface area contributed by atoms with Gasteiger partial charge in [-0.25, -0.2) is 13.1 Å². The standard InChI is InChI=1S/C13H21NO4S/c1-9-6-10(2)13(11(3)7-9)19(15,16)14-8-12(17-4)18-5/h6-7,12,14H,8H2,1-5H3. The van der Waals surface area contributed by atoms with Crippen molar-refractivity contribution in [2.24, 2.45) is 0 Å². The summed E-state index contributed by atoms with van der Waals surface area (Å²) in [5, 5.41) is 0.